The van der Waals surface area contributed by atoms with Crippen LogP contribution in [0.5, 0.6) is 0 Å². The highest BCUT2D eigenvalue weighted by molar-refractivity contribution is 9.10. The van der Waals surface area contributed by atoms with E-state index in [-0.39, 0.29) is 0 Å². The molecule has 1 heterocycles. The molecule has 0 aromatic carbocycles. The van der Waals surface area contributed by atoms with Crippen molar-refractivity contribution in [1.82, 2.24) is 4.98 Å². The van der Waals surface area contributed by atoms with E-state index in [0.29, 0.717) is 6.04 Å². The third-order valence-corrected chi connectivity index (χ3v) is 3.23. The minimum absolute atomic E-state index is 0.543. The zero-order valence-corrected chi connectivity index (χ0v) is 10.9. The van der Waals surface area contributed by atoms with Crippen LogP contribution < -0.4 is 4.90 Å². The van der Waals surface area contributed by atoms with Gasteiger partial charge in [0.05, 0.1) is 11.9 Å². The van der Waals surface area contributed by atoms with E-state index in [1.54, 1.807) is 0 Å². The molecular weight excluding hydrogens is 252 g/mol. The van der Waals surface area contributed by atoms with Crippen molar-refractivity contribution >= 4 is 21.6 Å². The summed E-state index contributed by atoms with van der Waals surface area (Å²) in [7, 11) is 0. The van der Waals surface area contributed by atoms with Gasteiger partial charge in [-0.3, -0.25) is 4.98 Å². The molecule has 2 nitrogen and oxygen atoms in total. The molecule has 0 saturated heterocycles. The number of halogens is 1. The molecule has 0 amide bonds. The Morgan fingerprint density at radius 2 is 2.20 bits per heavy atom. The van der Waals surface area contributed by atoms with E-state index >= 15 is 0 Å². The van der Waals surface area contributed by atoms with Crippen molar-refractivity contribution in [3.63, 3.8) is 0 Å². The normalized spacial score (nSPS) is 15.7. The Morgan fingerprint density at radius 3 is 2.73 bits per heavy atom. The van der Waals surface area contributed by atoms with Crippen molar-refractivity contribution in [1.29, 1.82) is 0 Å². The molecule has 1 fully saturated rings. The highest BCUT2D eigenvalue weighted by Crippen LogP contribution is 2.32. The van der Waals surface area contributed by atoms with Crippen LogP contribution in [-0.2, 0) is 0 Å². The summed E-state index contributed by atoms with van der Waals surface area (Å²) in [4.78, 5) is 6.67. The molecule has 1 aliphatic rings. The highest BCUT2D eigenvalue weighted by Gasteiger charge is 2.25. The molecule has 0 bridgehead atoms. The summed E-state index contributed by atoms with van der Waals surface area (Å²) in [6.07, 6.45) is 6.57. The van der Waals surface area contributed by atoms with Gasteiger partial charge in [0.25, 0.3) is 0 Å². The predicted octanol–water partition coefficient (Wildman–Crippen LogP) is 3.47. The summed E-state index contributed by atoms with van der Waals surface area (Å²) in [5.41, 5.74) is 1.23. The number of pyridine rings is 1. The van der Waals surface area contributed by atoms with Crippen molar-refractivity contribution in [3.8, 4) is 0 Å². The summed E-state index contributed by atoms with van der Waals surface area (Å²) in [5.74, 6) is 0.909. The molecule has 1 aromatic heterocycles. The maximum Gasteiger partial charge on any atom is 0.0566 e. The minimum atomic E-state index is 0.543. The maximum absolute atomic E-state index is 4.23. The molecule has 0 aliphatic heterocycles. The van der Waals surface area contributed by atoms with E-state index in [1.807, 2.05) is 12.4 Å². The van der Waals surface area contributed by atoms with Crippen molar-refractivity contribution in [2.45, 2.75) is 32.7 Å². The molecular formula is C12H17BrN2. The van der Waals surface area contributed by atoms with Gasteiger partial charge < -0.3 is 4.90 Å². The van der Waals surface area contributed by atoms with E-state index in [0.717, 1.165) is 10.4 Å². The van der Waals surface area contributed by atoms with E-state index in [4.69, 9.17) is 0 Å². The fraction of sp³-hybridized carbons (Fsp3) is 0.583. The topological polar surface area (TPSA) is 16.1 Å². The molecule has 0 atom stereocenters. The molecule has 0 spiro atoms. The van der Waals surface area contributed by atoms with Crippen molar-refractivity contribution in [3.05, 3.63) is 22.9 Å². The van der Waals surface area contributed by atoms with Crippen molar-refractivity contribution < 1.29 is 0 Å². The van der Waals surface area contributed by atoms with Gasteiger partial charge in [0, 0.05) is 23.3 Å². The lowest BCUT2D eigenvalue weighted by molar-refractivity contribution is 0.643. The van der Waals surface area contributed by atoms with E-state index < -0.39 is 0 Å². The smallest absolute Gasteiger partial charge is 0.0566 e. The van der Waals surface area contributed by atoms with Crippen LogP contribution in [0, 0.1) is 5.92 Å². The molecule has 1 saturated carbocycles. The van der Waals surface area contributed by atoms with E-state index in [1.165, 1.54) is 25.1 Å². The summed E-state index contributed by atoms with van der Waals surface area (Å²) < 4.78 is 1.06. The summed E-state index contributed by atoms with van der Waals surface area (Å²) in [6, 6.07) is 2.69. The monoisotopic (exact) mass is 268 g/mol. The fourth-order valence-corrected chi connectivity index (χ4v) is 2.10. The molecule has 2 rings (SSSR count). The average Bonchev–Trinajstić information content (AvgIpc) is 2.97. The molecule has 0 radical (unpaired) electrons. The van der Waals surface area contributed by atoms with Gasteiger partial charge in [-0.2, -0.15) is 0 Å². The van der Waals surface area contributed by atoms with Crippen LogP contribution in [0.4, 0.5) is 5.69 Å². The largest absolute Gasteiger partial charge is 0.368 e. The molecule has 0 N–H and O–H groups in total. The summed E-state index contributed by atoms with van der Waals surface area (Å²) in [6.45, 7) is 5.66. The molecule has 3 heteroatoms. The van der Waals surface area contributed by atoms with Gasteiger partial charge in [-0.1, -0.05) is 0 Å². The second kappa shape index (κ2) is 4.52. The van der Waals surface area contributed by atoms with Crippen molar-refractivity contribution in [2.24, 2.45) is 5.92 Å². The first kappa shape index (κ1) is 10.9. The van der Waals surface area contributed by atoms with Gasteiger partial charge in [0.1, 0.15) is 0 Å². The summed E-state index contributed by atoms with van der Waals surface area (Å²) in [5, 5.41) is 0. The van der Waals surface area contributed by atoms with Gasteiger partial charge in [0.2, 0.25) is 0 Å². The number of rotatable bonds is 4. The molecule has 15 heavy (non-hydrogen) atoms. The standard InChI is InChI=1S/C12H17BrN2/c1-9(2)15(8-10-3-4-10)12-5-11(13)6-14-7-12/h5-7,9-10H,3-4,8H2,1-2H3. The second-order valence-corrected chi connectivity index (χ2v) is 5.47. The lowest BCUT2D eigenvalue weighted by Crippen LogP contribution is -2.32. The molecule has 82 valence electrons. The van der Waals surface area contributed by atoms with Crippen LogP contribution in [0.1, 0.15) is 26.7 Å². The van der Waals surface area contributed by atoms with Crippen LogP contribution >= 0.6 is 15.9 Å². The zero-order chi connectivity index (χ0) is 10.8. The number of hydrogen-bond donors (Lipinski definition) is 0. The van der Waals surface area contributed by atoms with Crippen LogP contribution in [-0.4, -0.2) is 17.6 Å². The highest BCUT2D eigenvalue weighted by atomic mass is 79.9. The molecule has 0 unspecified atom stereocenters. The Kier molecular flexibility index (Phi) is 3.29. The predicted molar refractivity (Wildman–Crippen MR) is 67.1 cm³/mol. The Balaban J connectivity index is 2.15. The maximum atomic E-state index is 4.23. The third kappa shape index (κ3) is 2.94. The average molecular weight is 269 g/mol. The van der Waals surface area contributed by atoms with Gasteiger partial charge in [-0.25, -0.2) is 0 Å². The zero-order valence-electron chi connectivity index (χ0n) is 9.28. The number of hydrogen-bond acceptors (Lipinski definition) is 2. The van der Waals surface area contributed by atoms with E-state index in [2.05, 4.69) is 45.7 Å². The fourth-order valence-electron chi connectivity index (χ4n) is 1.75. The Morgan fingerprint density at radius 1 is 1.47 bits per heavy atom. The minimum Gasteiger partial charge on any atom is -0.368 e. The number of anilines is 1. The first-order valence-electron chi connectivity index (χ1n) is 5.54. The SMILES string of the molecule is CC(C)N(CC1CC1)c1cncc(Br)c1. The van der Waals surface area contributed by atoms with Crippen LogP contribution in [0.25, 0.3) is 0 Å². The second-order valence-electron chi connectivity index (χ2n) is 4.55. The van der Waals surface area contributed by atoms with Crippen LogP contribution in [0.3, 0.4) is 0 Å². The Bertz CT molecular complexity index is 334. The Labute approximate surface area is 99.8 Å². The van der Waals surface area contributed by atoms with E-state index in [9.17, 15) is 0 Å². The quantitative estimate of drug-likeness (QED) is 0.832. The first-order chi connectivity index (χ1) is 7.16. The lowest BCUT2D eigenvalue weighted by Gasteiger charge is -2.28. The van der Waals surface area contributed by atoms with Gasteiger partial charge >= 0.3 is 0 Å². The first-order valence-corrected chi connectivity index (χ1v) is 6.33. The summed E-state index contributed by atoms with van der Waals surface area (Å²) >= 11 is 3.47. The van der Waals surface area contributed by atoms with Crippen LogP contribution in [0.15, 0.2) is 22.9 Å². The van der Waals surface area contributed by atoms with Gasteiger partial charge in [0.15, 0.2) is 0 Å². The molecule has 1 aliphatic carbocycles. The lowest BCUT2D eigenvalue weighted by atomic mass is 10.2. The third-order valence-electron chi connectivity index (χ3n) is 2.80. The van der Waals surface area contributed by atoms with Crippen LogP contribution in [0.2, 0.25) is 0 Å². The number of nitrogens with zero attached hydrogens (tertiary/aromatic N) is 2. The molecule has 1 aromatic rings. The van der Waals surface area contributed by atoms with Crippen molar-refractivity contribution in [2.75, 3.05) is 11.4 Å². The Hall–Kier alpha value is -0.570. The van der Waals surface area contributed by atoms with Gasteiger partial charge in [-0.15, -0.1) is 0 Å². The number of aromatic nitrogens is 1. The van der Waals surface area contributed by atoms with Gasteiger partial charge in [-0.05, 0) is 54.6 Å².